The summed E-state index contributed by atoms with van der Waals surface area (Å²) >= 11 is 0. The Bertz CT molecular complexity index is 2000. The van der Waals surface area contributed by atoms with Crippen LogP contribution in [-0.4, -0.2) is 96.7 Å². The van der Waals surface area contributed by atoms with Crippen molar-refractivity contribution in [1.29, 1.82) is 0 Å². The van der Waals surface area contributed by atoms with Crippen molar-refractivity contribution in [3.8, 4) is 0 Å². The van der Waals surface area contributed by atoms with Crippen LogP contribution in [0, 0.1) is 11.8 Å². The Morgan fingerprint density at radius 3 is 0.731 bits per heavy atom. The molecule has 0 aromatic carbocycles. The number of esters is 4. The SMILES string of the molecule is CCCCCCCCCCCCCCCCCCCCCCCC(=O)O[C@H](COC(=O)CCCCCCCCCCCCCCCC(C)C)COP(=O)(O)OC[C@@H](O)COP(=O)(O)OC[C@@H](COC(=O)CCCCCCCCCCC(C)CC)OC(=O)CCCCCCCCCCCCCCCCC. The van der Waals surface area contributed by atoms with E-state index in [9.17, 15) is 43.2 Å². The van der Waals surface area contributed by atoms with Crippen molar-refractivity contribution in [3.63, 3.8) is 0 Å². The quantitative estimate of drug-likeness (QED) is 0.0222. The van der Waals surface area contributed by atoms with E-state index in [1.54, 1.807) is 0 Å². The van der Waals surface area contributed by atoms with E-state index in [-0.39, 0.29) is 25.7 Å². The minimum atomic E-state index is -4.97. The van der Waals surface area contributed by atoms with E-state index in [0.717, 1.165) is 102 Å². The maximum absolute atomic E-state index is 13.1. The van der Waals surface area contributed by atoms with Crippen LogP contribution in [0.2, 0.25) is 0 Å². The molecule has 0 spiro atoms. The predicted molar refractivity (Wildman–Crippen MR) is 428 cm³/mol. The third-order valence-corrected chi connectivity index (χ3v) is 22.2. The predicted octanol–water partition coefficient (Wildman–Crippen LogP) is 25.8. The molecule has 0 bridgehead atoms. The highest BCUT2D eigenvalue weighted by molar-refractivity contribution is 7.47. The monoisotopic (exact) mass is 1520 g/mol. The summed E-state index contributed by atoms with van der Waals surface area (Å²) in [7, 11) is -9.93. The van der Waals surface area contributed by atoms with E-state index in [0.29, 0.717) is 25.7 Å². The number of aliphatic hydroxyl groups excluding tert-OH is 1. The molecule has 0 aromatic heterocycles. The molecule has 104 heavy (non-hydrogen) atoms. The summed E-state index contributed by atoms with van der Waals surface area (Å²) in [6, 6.07) is 0. The van der Waals surface area contributed by atoms with E-state index in [1.807, 2.05) is 0 Å². The largest absolute Gasteiger partial charge is 0.472 e. The Balaban J connectivity index is 5.25. The van der Waals surface area contributed by atoms with E-state index < -0.39 is 97.5 Å². The molecular formula is C85H166O17P2. The van der Waals surface area contributed by atoms with Crippen LogP contribution in [0.25, 0.3) is 0 Å². The topological polar surface area (TPSA) is 237 Å². The number of phosphoric acid groups is 2. The van der Waals surface area contributed by atoms with Crippen molar-refractivity contribution in [3.05, 3.63) is 0 Å². The molecule has 19 heteroatoms. The lowest BCUT2D eigenvalue weighted by Gasteiger charge is -2.21. The van der Waals surface area contributed by atoms with Gasteiger partial charge in [0.15, 0.2) is 12.2 Å². The first-order valence-electron chi connectivity index (χ1n) is 44.0. The number of hydrogen-bond donors (Lipinski definition) is 3. The molecule has 0 heterocycles. The second-order valence-corrected chi connectivity index (χ2v) is 34.2. The molecule has 618 valence electrons. The molecule has 0 radical (unpaired) electrons. The van der Waals surface area contributed by atoms with E-state index in [2.05, 4.69) is 41.5 Å². The average molecular weight is 1520 g/mol. The minimum Gasteiger partial charge on any atom is -0.462 e. The van der Waals surface area contributed by atoms with Gasteiger partial charge in [0.2, 0.25) is 0 Å². The lowest BCUT2D eigenvalue weighted by Crippen LogP contribution is -2.30. The van der Waals surface area contributed by atoms with Crippen LogP contribution in [0.3, 0.4) is 0 Å². The van der Waals surface area contributed by atoms with Gasteiger partial charge in [-0.25, -0.2) is 9.13 Å². The van der Waals surface area contributed by atoms with Crippen LogP contribution < -0.4 is 0 Å². The van der Waals surface area contributed by atoms with Gasteiger partial charge in [-0.3, -0.25) is 37.3 Å². The first-order valence-corrected chi connectivity index (χ1v) is 47.0. The van der Waals surface area contributed by atoms with Crippen molar-refractivity contribution in [2.45, 2.75) is 471 Å². The van der Waals surface area contributed by atoms with Crippen LogP contribution >= 0.6 is 15.6 Å². The van der Waals surface area contributed by atoms with Gasteiger partial charge in [0.05, 0.1) is 26.4 Å². The van der Waals surface area contributed by atoms with Gasteiger partial charge in [0.25, 0.3) is 0 Å². The number of carbonyl (C=O) groups excluding carboxylic acids is 4. The van der Waals surface area contributed by atoms with Gasteiger partial charge in [-0.2, -0.15) is 0 Å². The fourth-order valence-electron chi connectivity index (χ4n) is 13.2. The first kappa shape index (κ1) is 102. The van der Waals surface area contributed by atoms with Crippen molar-refractivity contribution >= 4 is 39.5 Å². The van der Waals surface area contributed by atoms with Crippen LogP contribution in [-0.2, 0) is 65.4 Å². The molecule has 0 fully saturated rings. The summed E-state index contributed by atoms with van der Waals surface area (Å²) in [6.07, 6.45) is 67.9. The van der Waals surface area contributed by atoms with Crippen LogP contribution in [0.1, 0.15) is 452 Å². The second kappa shape index (κ2) is 76.4. The Labute approximate surface area is 638 Å². The average Bonchev–Trinajstić information content (AvgIpc) is 0.957. The third kappa shape index (κ3) is 76.8. The molecule has 0 rings (SSSR count). The van der Waals surface area contributed by atoms with Gasteiger partial charge in [-0.05, 0) is 37.5 Å². The Hall–Kier alpha value is -1.94. The van der Waals surface area contributed by atoms with Gasteiger partial charge in [-0.1, -0.05) is 401 Å². The summed E-state index contributed by atoms with van der Waals surface area (Å²) in [6.45, 7) is 9.69. The molecule has 6 atom stereocenters. The van der Waals surface area contributed by atoms with E-state index >= 15 is 0 Å². The summed E-state index contributed by atoms with van der Waals surface area (Å²) in [5.41, 5.74) is 0. The van der Waals surface area contributed by atoms with Crippen LogP contribution in [0.5, 0.6) is 0 Å². The van der Waals surface area contributed by atoms with E-state index in [4.69, 9.17) is 37.0 Å². The van der Waals surface area contributed by atoms with Crippen LogP contribution in [0.4, 0.5) is 0 Å². The molecule has 0 aromatic rings. The molecule has 0 saturated carbocycles. The van der Waals surface area contributed by atoms with Gasteiger partial charge in [0.1, 0.15) is 19.3 Å². The summed E-state index contributed by atoms with van der Waals surface area (Å²) < 4.78 is 68.9. The zero-order chi connectivity index (χ0) is 76.4. The first-order chi connectivity index (χ1) is 50.4. The maximum atomic E-state index is 13.1. The number of unbranched alkanes of at least 4 members (excludes halogenated alkanes) is 53. The summed E-state index contributed by atoms with van der Waals surface area (Å²) in [5, 5.41) is 10.7. The zero-order valence-corrected chi connectivity index (χ0v) is 70.1. The Morgan fingerprint density at radius 2 is 0.490 bits per heavy atom. The minimum absolute atomic E-state index is 0.108. The fourth-order valence-corrected chi connectivity index (χ4v) is 14.8. The molecule has 0 aliphatic heterocycles. The second-order valence-electron chi connectivity index (χ2n) is 31.3. The fraction of sp³-hybridized carbons (Fsp3) is 0.953. The number of hydrogen-bond acceptors (Lipinski definition) is 15. The summed E-state index contributed by atoms with van der Waals surface area (Å²) in [5.74, 6) is -0.534. The number of rotatable bonds is 84. The molecule has 3 unspecified atom stereocenters. The molecule has 0 aliphatic carbocycles. The molecule has 0 saturated heterocycles. The standard InChI is InChI=1S/C85H166O17P2/c1-7-10-12-14-16-18-20-22-24-25-26-27-28-29-31-35-40-44-52-58-64-70-84(89)101-80(73-95-82(87)67-61-55-49-42-38-36-32-33-37-41-47-53-59-65-77(4)5)75-99-103(91,92)97-71-79(86)72-98-104(93,94)100-76-81(74-96-83(88)68-62-56-50-46-45-48-54-60-66-78(6)9-3)102-85(90)69-63-57-51-43-39-34-30-23-21-19-17-15-13-11-8-2/h77-81,86H,7-76H2,1-6H3,(H,91,92)(H,93,94)/t78?,79-,80-,81-/m1/s1. The number of aliphatic hydroxyl groups is 1. The molecular weight excluding hydrogens is 1350 g/mol. The Morgan fingerprint density at radius 1 is 0.279 bits per heavy atom. The molecule has 0 aliphatic rings. The molecule has 0 amide bonds. The van der Waals surface area contributed by atoms with Crippen molar-refractivity contribution in [2.24, 2.45) is 11.8 Å². The van der Waals surface area contributed by atoms with Crippen LogP contribution in [0.15, 0.2) is 0 Å². The number of carbonyl (C=O) groups is 4. The smallest absolute Gasteiger partial charge is 0.462 e. The normalized spacial score (nSPS) is 14.1. The number of phosphoric ester groups is 2. The Kier molecular flexibility index (Phi) is 75.0. The third-order valence-electron chi connectivity index (χ3n) is 20.3. The summed E-state index contributed by atoms with van der Waals surface area (Å²) in [4.78, 5) is 73.2. The molecule has 17 nitrogen and oxygen atoms in total. The maximum Gasteiger partial charge on any atom is 0.472 e. The lowest BCUT2D eigenvalue weighted by molar-refractivity contribution is -0.161. The number of ether oxygens (including phenoxy) is 4. The molecule has 3 N–H and O–H groups in total. The van der Waals surface area contributed by atoms with Gasteiger partial charge in [0, 0.05) is 25.7 Å². The van der Waals surface area contributed by atoms with Gasteiger partial charge in [-0.15, -0.1) is 0 Å². The van der Waals surface area contributed by atoms with Gasteiger partial charge >= 0.3 is 39.5 Å². The van der Waals surface area contributed by atoms with Crippen molar-refractivity contribution < 1.29 is 80.2 Å². The van der Waals surface area contributed by atoms with E-state index in [1.165, 1.54) is 270 Å². The van der Waals surface area contributed by atoms with Crippen molar-refractivity contribution in [1.82, 2.24) is 0 Å². The van der Waals surface area contributed by atoms with Gasteiger partial charge < -0.3 is 33.8 Å². The lowest BCUT2D eigenvalue weighted by atomic mass is 9.99. The zero-order valence-electron chi connectivity index (χ0n) is 68.3. The highest BCUT2D eigenvalue weighted by atomic mass is 31.2. The van der Waals surface area contributed by atoms with Crippen molar-refractivity contribution in [2.75, 3.05) is 39.6 Å². The highest BCUT2D eigenvalue weighted by Crippen LogP contribution is 2.45. The highest BCUT2D eigenvalue weighted by Gasteiger charge is 2.30.